The van der Waals surface area contributed by atoms with E-state index in [4.69, 9.17) is 0 Å². The van der Waals surface area contributed by atoms with E-state index in [9.17, 15) is 18.0 Å². The van der Waals surface area contributed by atoms with Gasteiger partial charge in [-0.25, -0.2) is 13.2 Å². The van der Waals surface area contributed by atoms with Crippen LogP contribution < -0.4 is 10.6 Å². The molecular formula is C19H21N3O4S. The summed E-state index contributed by atoms with van der Waals surface area (Å²) in [5.74, 6) is -0.537. The van der Waals surface area contributed by atoms with Crippen LogP contribution in [0.5, 0.6) is 0 Å². The Hall–Kier alpha value is -2.71. The van der Waals surface area contributed by atoms with E-state index in [1.165, 1.54) is 16.4 Å². The van der Waals surface area contributed by atoms with Gasteiger partial charge in [0.05, 0.1) is 4.90 Å². The number of amides is 3. The molecule has 0 aromatic heterocycles. The average molecular weight is 387 g/mol. The molecule has 0 radical (unpaired) electrons. The van der Waals surface area contributed by atoms with Crippen molar-refractivity contribution in [2.75, 3.05) is 18.4 Å². The fourth-order valence-electron chi connectivity index (χ4n) is 2.92. The predicted octanol–water partition coefficient (Wildman–Crippen LogP) is 2.82. The lowest BCUT2D eigenvalue weighted by molar-refractivity contribution is 0.0967. The van der Waals surface area contributed by atoms with Crippen molar-refractivity contribution in [1.29, 1.82) is 0 Å². The van der Waals surface area contributed by atoms with Gasteiger partial charge in [-0.05, 0) is 43.2 Å². The molecule has 7 nitrogen and oxygen atoms in total. The molecule has 2 N–H and O–H groups in total. The first-order valence-electron chi connectivity index (χ1n) is 8.74. The zero-order valence-electron chi connectivity index (χ0n) is 14.7. The Balaban J connectivity index is 1.68. The highest BCUT2D eigenvalue weighted by Crippen LogP contribution is 2.22. The van der Waals surface area contributed by atoms with Crippen molar-refractivity contribution in [1.82, 2.24) is 9.62 Å². The number of carbonyl (C=O) groups excluding carboxylic acids is 2. The molecule has 2 aromatic carbocycles. The first-order valence-corrected chi connectivity index (χ1v) is 10.2. The SMILES string of the molecule is O=C(NC(=O)c1ccccc1)Nc1cccc(S(=O)(=O)N2CCCCC2)c1. The summed E-state index contributed by atoms with van der Waals surface area (Å²) in [5, 5.41) is 4.72. The molecule has 1 aliphatic heterocycles. The number of benzene rings is 2. The van der Waals surface area contributed by atoms with Gasteiger partial charge in [-0.15, -0.1) is 0 Å². The molecule has 3 amide bonds. The Morgan fingerprint density at radius 1 is 0.889 bits per heavy atom. The Morgan fingerprint density at radius 2 is 1.59 bits per heavy atom. The lowest BCUT2D eigenvalue weighted by Crippen LogP contribution is -2.36. The van der Waals surface area contributed by atoms with Crippen LogP contribution in [0.1, 0.15) is 29.6 Å². The molecule has 1 fully saturated rings. The molecule has 2 aromatic rings. The lowest BCUT2D eigenvalue weighted by atomic mass is 10.2. The van der Waals surface area contributed by atoms with Crippen molar-refractivity contribution < 1.29 is 18.0 Å². The molecule has 0 bridgehead atoms. The number of rotatable bonds is 4. The first kappa shape index (κ1) is 19.1. The lowest BCUT2D eigenvalue weighted by Gasteiger charge is -2.26. The van der Waals surface area contributed by atoms with Crippen LogP contribution in [0.3, 0.4) is 0 Å². The predicted molar refractivity (Wildman–Crippen MR) is 102 cm³/mol. The number of piperidine rings is 1. The quantitative estimate of drug-likeness (QED) is 0.843. The number of sulfonamides is 1. The van der Waals surface area contributed by atoms with Crippen LogP contribution in [-0.4, -0.2) is 37.8 Å². The van der Waals surface area contributed by atoms with Gasteiger partial charge in [0.1, 0.15) is 0 Å². The third-order valence-corrected chi connectivity index (χ3v) is 6.20. The number of carbonyl (C=O) groups is 2. The number of nitrogens with one attached hydrogen (secondary N) is 2. The molecule has 0 atom stereocenters. The summed E-state index contributed by atoms with van der Waals surface area (Å²) in [4.78, 5) is 24.2. The second-order valence-electron chi connectivity index (χ2n) is 6.27. The van der Waals surface area contributed by atoms with Crippen LogP contribution in [0.4, 0.5) is 10.5 Å². The van der Waals surface area contributed by atoms with Crippen molar-refractivity contribution in [3.63, 3.8) is 0 Å². The summed E-state index contributed by atoms with van der Waals surface area (Å²) in [7, 11) is -3.59. The Kier molecular flexibility index (Phi) is 5.88. The highest BCUT2D eigenvalue weighted by molar-refractivity contribution is 7.89. The Morgan fingerprint density at radius 3 is 2.30 bits per heavy atom. The van der Waals surface area contributed by atoms with Gasteiger partial charge < -0.3 is 5.32 Å². The molecule has 1 heterocycles. The topological polar surface area (TPSA) is 95.6 Å². The van der Waals surface area contributed by atoms with Crippen LogP contribution in [-0.2, 0) is 10.0 Å². The number of imide groups is 1. The minimum absolute atomic E-state index is 0.122. The molecule has 1 saturated heterocycles. The smallest absolute Gasteiger partial charge is 0.308 e. The van der Waals surface area contributed by atoms with E-state index in [-0.39, 0.29) is 4.90 Å². The second kappa shape index (κ2) is 8.32. The molecule has 142 valence electrons. The van der Waals surface area contributed by atoms with E-state index in [0.717, 1.165) is 19.3 Å². The zero-order valence-corrected chi connectivity index (χ0v) is 15.5. The highest BCUT2D eigenvalue weighted by atomic mass is 32.2. The van der Waals surface area contributed by atoms with Crippen molar-refractivity contribution >= 4 is 27.6 Å². The molecule has 1 aliphatic rings. The molecule has 8 heteroatoms. The normalized spacial score (nSPS) is 15.1. The van der Waals surface area contributed by atoms with Gasteiger partial charge in [-0.1, -0.05) is 30.7 Å². The maximum atomic E-state index is 12.7. The van der Waals surface area contributed by atoms with Crippen molar-refractivity contribution in [3.8, 4) is 0 Å². The van der Waals surface area contributed by atoms with Crippen LogP contribution in [0.2, 0.25) is 0 Å². The van der Waals surface area contributed by atoms with Crippen LogP contribution in [0.25, 0.3) is 0 Å². The zero-order chi connectivity index (χ0) is 19.3. The fraction of sp³-hybridized carbons (Fsp3) is 0.263. The van der Waals surface area contributed by atoms with Crippen LogP contribution in [0, 0.1) is 0 Å². The van der Waals surface area contributed by atoms with Crippen molar-refractivity contribution in [3.05, 3.63) is 60.2 Å². The summed E-state index contributed by atoms with van der Waals surface area (Å²) < 4.78 is 26.9. The number of hydrogen-bond donors (Lipinski definition) is 2. The standard InChI is InChI=1S/C19H21N3O4S/c23-18(15-8-3-1-4-9-15)21-19(24)20-16-10-7-11-17(14-16)27(25,26)22-12-5-2-6-13-22/h1,3-4,7-11,14H,2,5-6,12-13H2,(H2,20,21,23,24). The first-order chi connectivity index (χ1) is 13.0. The summed E-state index contributed by atoms with van der Waals surface area (Å²) >= 11 is 0. The third kappa shape index (κ3) is 4.72. The van der Waals surface area contributed by atoms with Gasteiger partial charge >= 0.3 is 6.03 Å². The molecule has 3 rings (SSSR count). The maximum absolute atomic E-state index is 12.7. The molecule has 0 spiro atoms. The Labute approximate surface area is 158 Å². The average Bonchev–Trinajstić information content (AvgIpc) is 2.69. The molecule has 0 unspecified atom stereocenters. The second-order valence-corrected chi connectivity index (χ2v) is 8.20. The van der Waals surface area contributed by atoms with E-state index in [1.54, 1.807) is 42.5 Å². The Bertz CT molecular complexity index is 923. The number of nitrogens with zero attached hydrogens (tertiary/aromatic N) is 1. The summed E-state index contributed by atoms with van der Waals surface area (Å²) in [6, 6.07) is 13.7. The van der Waals surface area contributed by atoms with Gasteiger partial charge in [0.25, 0.3) is 5.91 Å². The maximum Gasteiger partial charge on any atom is 0.326 e. The summed E-state index contributed by atoms with van der Waals surface area (Å²) in [5.41, 5.74) is 0.653. The number of anilines is 1. The highest BCUT2D eigenvalue weighted by Gasteiger charge is 2.26. The van der Waals surface area contributed by atoms with Gasteiger partial charge in [-0.3, -0.25) is 10.1 Å². The number of hydrogen-bond acceptors (Lipinski definition) is 4. The van der Waals surface area contributed by atoms with Gasteiger partial charge in [0.2, 0.25) is 10.0 Å². The summed E-state index contributed by atoms with van der Waals surface area (Å²) in [6.07, 6.45) is 2.73. The molecule has 27 heavy (non-hydrogen) atoms. The largest absolute Gasteiger partial charge is 0.326 e. The van der Waals surface area contributed by atoms with Gasteiger partial charge in [0, 0.05) is 24.3 Å². The fourth-order valence-corrected chi connectivity index (χ4v) is 4.48. The summed E-state index contributed by atoms with van der Waals surface area (Å²) in [6.45, 7) is 1.01. The molecular weight excluding hydrogens is 366 g/mol. The van der Waals surface area contributed by atoms with Crippen LogP contribution >= 0.6 is 0 Å². The van der Waals surface area contributed by atoms with E-state index in [0.29, 0.717) is 24.3 Å². The van der Waals surface area contributed by atoms with Gasteiger partial charge in [0.15, 0.2) is 0 Å². The van der Waals surface area contributed by atoms with Crippen LogP contribution in [0.15, 0.2) is 59.5 Å². The van der Waals surface area contributed by atoms with E-state index in [2.05, 4.69) is 10.6 Å². The van der Waals surface area contributed by atoms with Crippen molar-refractivity contribution in [2.24, 2.45) is 0 Å². The monoisotopic (exact) mass is 387 g/mol. The van der Waals surface area contributed by atoms with Crippen molar-refractivity contribution in [2.45, 2.75) is 24.2 Å². The molecule has 0 saturated carbocycles. The third-order valence-electron chi connectivity index (χ3n) is 4.31. The number of urea groups is 1. The van der Waals surface area contributed by atoms with E-state index < -0.39 is 22.0 Å². The molecule has 0 aliphatic carbocycles. The van der Waals surface area contributed by atoms with E-state index >= 15 is 0 Å². The minimum Gasteiger partial charge on any atom is -0.308 e. The minimum atomic E-state index is -3.59. The van der Waals surface area contributed by atoms with Gasteiger partial charge in [-0.2, -0.15) is 4.31 Å². The van der Waals surface area contributed by atoms with E-state index in [1.807, 2.05) is 0 Å².